The second kappa shape index (κ2) is 9.97. The number of hydrogen-bond acceptors (Lipinski definition) is 4. The van der Waals surface area contributed by atoms with Gasteiger partial charge in [-0.15, -0.1) is 34.2 Å². The van der Waals surface area contributed by atoms with Crippen LogP contribution in [0.25, 0.3) is 0 Å². The summed E-state index contributed by atoms with van der Waals surface area (Å²) >= 11 is 0. The monoisotopic (exact) mass is 550 g/mol. The van der Waals surface area contributed by atoms with Crippen molar-refractivity contribution in [2.24, 2.45) is 17.5 Å². The van der Waals surface area contributed by atoms with Gasteiger partial charge in [0, 0.05) is 32.1 Å². The normalized spacial score (nSPS) is 22.2. The number of halogens is 1. The Balaban J connectivity index is 0.00000245. The molecule has 174 valence electrons. The Morgan fingerprint density at radius 1 is 1.19 bits per heavy atom. The Hall–Kier alpha value is -1.84. The quantitative estimate of drug-likeness (QED) is 0.350. The molecule has 0 bridgehead atoms. The van der Waals surface area contributed by atoms with Crippen molar-refractivity contribution in [1.82, 2.24) is 25.0 Å². The van der Waals surface area contributed by atoms with Crippen molar-refractivity contribution >= 4 is 29.9 Å². The number of likely N-dealkylation sites (tertiary alicyclic amines) is 1. The highest BCUT2D eigenvalue weighted by Crippen LogP contribution is 2.44. The summed E-state index contributed by atoms with van der Waals surface area (Å²) in [5, 5.41) is 12.3. The first-order valence-electron chi connectivity index (χ1n) is 11.8. The Morgan fingerprint density at radius 2 is 2.00 bits per heavy atom. The van der Waals surface area contributed by atoms with Crippen LogP contribution in [0.1, 0.15) is 68.2 Å². The van der Waals surface area contributed by atoms with E-state index in [1.807, 2.05) is 24.6 Å². The molecule has 1 aromatic carbocycles. The lowest BCUT2D eigenvalue weighted by atomic mass is 9.73. The number of guanidine groups is 1. The molecule has 1 aliphatic carbocycles. The summed E-state index contributed by atoms with van der Waals surface area (Å²) < 4.78 is 7.91. The first-order chi connectivity index (χ1) is 15.1. The van der Waals surface area contributed by atoms with Gasteiger partial charge in [-0.3, -0.25) is 0 Å². The second-order valence-corrected chi connectivity index (χ2v) is 9.47. The lowest BCUT2D eigenvalue weighted by Crippen LogP contribution is -2.44. The summed E-state index contributed by atoms with van der Waals surface area (Å²) in [4.78, 5) is 7.56. The molecule has 1 aromatic heterocycles. The van der Waals surface area contributed by atoms with Crippen LogP contribution in [-0.2, 0) is 13.6 Å². The molecule has 32 heavy (non-hydrogen) atoms. The molecule has 2 aromatic rings. The zero-order valence-electron chi connectivity index (χ0n) is 19.2. The Labute approximate surface area is 208 Å². The van der Waals surface area contributed by atoms with Crippen LogP contribution in [0.5, 0.6) is 5.75 Å². The van der Waals surface area contributed by atoms with Crippen molar-refractivity contribution < 1.29 is 4.74 Å². The number of nitrogens with zero attached hydrogens (tertiary/aromatic N) is 5. The van der Waals surface area contributed by atoms with Crippen molar-refractivity contribution in [3.8, 4) is 5.75 Å². The molecule has 2 fully saturated rings. The van der Waals surface area contributed by atoms with E-state index < -0.39 is 0 Å². The smallest absolute Gasteiger partial charge is 0.194 e. The van der Waals surface area contributed by atoms with Gasteiger partial charge >= 0.3 is 0 Å². The fourth-order valence-corrected chi connectivity index (χ4v) is 5.44. The zero-order chi connectivity index (χ0) is 21.3. The van der Waals surface area contributed by atoms with Crippen LogP contribution in [-0.4, -0.2) is 45.3 Å². The van der Waals surface area contributed by atoms with Crippen LogP contribution in [0.4, 0.5) is 0 Å². The van der Waals surface area contributed by atoms with Crippen molar-refractivity contribution in [1.29, 1.82) is 0 Å². The van der Waals surface area contributed by atoms with Gasteiger partial charge in [-0.1, -0.05) is 37.5 Å². The molecule has 1 atom stereocenters. The number of nitrogens with one attached hydrogen (secondary N) is 1. The topological polar surface area (TPSA) is 67.6 Å². The molecule has 0 radical (unpaired) electrons. The lowest BCUT2D eigenvalue weighted by Gasteiger charge is -2.35. The third kappa shape index (κ3) is 4.75. The van der Waals surface area contributed by atoms with Crippen molar-refractivity contribution in [2.75, 3.05) is 19.7 Å². The van der Waals surface area contributed by atoms with Crippen molar-refractivity contribution in [3.63, 3.8) is 0 Å². The van der Waals surface area contributed by atoms with E-state index in [0.717, 1.165) is 49.5 Å². The summed E-state index contributed by atoms with van der Waals surface area (Å²) in [7, 11) is 2.01. The van der Waals surface area contributed by atoms with Gasteiger partial charge in [0.1, 0.15) is 18.1 Å². The third-order valence-electron chi connectivity index (χ3n) is 7.47. The predicted molar refractivity (Wildman–Crippen MR) is 136 cm³/mol. The number of hydrogen-bond donors (Lipinski definition) is 1. The van der Waals surface area contributed by atoms with Crippen LogP contribution in [0.15, 0.2) is 29.3 Å². The summed E-state index contributed by atoms with van der Waals surface area (Å²) in [5.41, 5.74) is 1.71. The highest BCUT2D eigenvalue weighted by molar-refractivity contribution is 14.0. The summed E-state index contributed by atoms with van der Waals surface area (Å²) in [6.07, 6.45) is 9.09. The van der Waals surface area contributed by atoms with E-state index in [9.17, 15) is 0 Å². The van der Waals surface area contributed by atoms with Crippen LogP contribution < -0.4 is 10.1 Å². The minimum atomic E-state index is 0. The van der Waals surface area contributed by atoms with E-state index in [4.69, 9.17) is 9.73 Å². The highest BCUT2D eigenvalue weighted by Gasteiger charge is 2.40. The average Bonchev–Trinajstić information content (AvgIpc) is 3.35. The van der Waals surface area contributed by atoms with Crippen LogP contribution in [0.2, 0.25) is 0 Å². The van der Waals surface area contributed by atoms with E-state index in [1.54, 1.807) is 0 Å². The largest absolute Gasteiger partial charge is 0.493 e. The van der Waals surface area contributed by atoms with Crippen LogP contribution >= 0.6 is 24.0 Å². The SMILES string of the molecule is Cc1nnc(CN=C(NC2CCOc3ccccc32)N2CCC3(CCCCC3)C2)n1C.I. The zero-order valence-corrected chi connectivity index (χ0v) is 21.5. The molecule has 8 heteroatoms. The summed E-state index contributed by atoms with van der Waals surface area (Å²) in [5.74, 6) is 3.81. The van der Waals surface area contributed by atoms with Crippen molar-refractivity contribution in [3.05, 3.63) is 41.5 Å². The van der Waals surface area contributed by atoms with E-state index in [0.29, 0.717) is 12.0 Å². The molecule has 2 aliphatic heterocycles. The number of rotatable bonds is 3. The second-order valence-electron chi connectivity index (χ2n) is 9.47. The number of fused-ring (bicyclic) bond motifs is 1. The fraction of sp³-hybridized carbons (Fsp3) is 0.625. The minimum absolute atomic E-state index is 0. The first kappa shape index (κ1) is 23.3. The average molecular weight is 550 g/mol. The van der Waals surface area contributed by atoms with Gasteiger partial charge in [0.25, 0.3) is 0 Å². The molecule has 1 unspecified atom stereocenters. The number of aryl methyl sites for hydroxylation is 1. The Morgan fingerprint density at radius 3 is 2.78 bits per heavy atom. The molecule has 7 nitrogen and oxygen atoms in total. The third-order valence-corrected chi connectivity index (χ3v) is 7.47. The first-order valence-corrected chi connectivity index (χ1v) is 11.8. The van der Waals surface area contributed by atoms with Gasteiger partial charge < -0.3 is 19.5 Å². The van der Waals surface area contributed by atoms with E-state index in [1.165, 1.54) is 44.1 Å². The molecule has 5 rings (SSSR count). The maximum Gasteiger partial charge on any atom is 0.194 e. The standard InChI is InChI=1S/C24H34N6O.HI/c1-18-27-28-22(29(18)2)16-25-23(30-14-13-24(17-30)11-6-3-7-12-24)26-20-10-15-31-21-9-5-4-8-19(20)21;/h4-5,8-9,20H,3,6-7,10-17H2,1-2H3,(H,25,26);1H. The van der Waals surface area contributed by atoms with E-state index in [-0.39, 0.29) is 30.0 Å². The Bertz CT molecular complexity index is 952. The molecule has 3 aliphatic rings. The maximum absolute atomic E-state index is 5.88. The minimum Gasteiger partial charge on any atom is -0.493 e. The van der Waals surface area contributed by atoms with Crippen molar-refractivity contribution in [2.45, 2.75) is 64.5 Å². The molecule has 0 amide bonds. The van der Waals surface area contributed by atoms with Gasteiger partial charge in [-0.05, 0) is 37.7 Å². The molecule has 1 saturated carbocycles. The summed E-state index contributed by atoms with van der Waals surface area (Å²) in [6, 6.07) is 8.58. The van der Waals surface area contributed by atoms with Crippen LogP contribution in [0.3, 0.4) is 0 Å². The lowest BCUT2D eigenvalue weighted by molar-refractivity contribution is 0.202. The number of aliphatic imine (C=N–C) groups is 1. The number of para-hydroxylation sites is 1. The van der Waals surface area contributed by atoms with E-state index >= 15 is 0 Å². The molecule has 1 N–H and O–H groups in total. The van der Waals surface area contributed by atoms with Gasteiger partial charge in [0.2, 0.25) is 0 Å². The number of benzene rings is 1. The molecule has 1 saturated heterocycles. The summed E-state index contributed by atoms with van der Waals surface area (Å²) in [6.45, 7) is 5.43. The molecule has 3 heterocycles. The van der Waals surface area contributed by atoms with Crippen LogP contribution in [0, 0.1) is 12.3 Å². The maximum atomic E-state index is 5.88. The van der Waals surface area contributed by atoms with Gasteiger partial charge in [-0.25, -0.2) is 4.99 Å². The highest BCUT2D eigenvalue weighted by atomic mass is 127. The fourth-order valence-electron chi connectivity index (χ4n) is 5.44. The van der Waals surface area contributed by atoms with Gasteiger partial charge in [0.05, 0.1) is 12.6 Å². The molecule has 1 spiro atoms. The predicted octanol–water partition coefficient (Wildman–Crippen LogP) is 4.37. The van der Waals surface area contributed by atoms with E-state index in [2.05, 4.69) is 38.6 Å². The Kier molecular flexibility index (Phi) is 7.27. The number of ether oxygens (including phenoxy) is 1. The van der Waals surface area contributed by atoms with Gasteiger partial charge in [-0.2, -0.15) is 0 Å². The van der Waals surface area contributed by atoms with Gasteiger partial charge in [0.15, 0.2) is 11.8 Å². The molecular weight excluding hydrogens is 515 g/mol. The number of aromatic nitrogens is 3. The molecular formula is C24H35IN6O.